The minimum Gasteiger partial charge on any atom is -0.508 e. The first kappa shape index (κ1) is 23.9. The van der Waals surface area contributed by atoms with Crippen LogP contribution in [0, 0.1) is 5.92 Å². The summed E-state index contributed by atoms with van der Waals surface area (Å²) in [5.74, 6) is 1.86. The van der Waals surface area contributed by atoms with Crippen molar-refractivity contribution in [3.63, 3.8) is 0 Å². The van der Waals surface area contributed by atoms with Gasteiger partial charge in [0.05, 0.1) is 0 Å². The van der Waals surface area contributed by atoms with E-state index in [4.69, 9.17) is 11.6 Å². The van der Waals surface area contributed by atoms with E-state index in [2.05, 4.69) is 31.2 Å². The summed E-state index contributed by atoms with van der Waals surface area (Å²) in [5.41, 5.74) is 6.11. The molecule has 0 unspecified atom stereocenters. The summed E-state index contributed by atoms with van der Waals surface area (Å²) in [6, 6.07) is 22.6. The molecule has 0 heterocycles. The number of hydrogen-bond acceptors (Lipinski definition) is 1. The van der Waals surface area contributed by atoms with Crippen LogP contribution in [-0.2, 0) is 0 Å². The van der Waals surface area contributed by atoms with Crippen LogP contribution in [0.25, 0.3) is 22.3 Å². The van der Waals surface area contributed by atoms with Gasteiger partial charge in [-0.05, 0) is 89.6 Å². The molecule has 1 nitrogen and oxygen atoms in total. The van der Waals surface area contributed by atoms with Crippen LogP contribution in [0.15, 0.2) is 66.7 Å². The maximum absolute atomic E-state index is 9.80. The minimum atomic E-state index is 0.298. The summed E-state index contributed by atoms with van der Waals surface area (Å²) >= 11 is 6.31. The summed E-state index contributed by atoms with van der Waals surface area (Å²) in [7, 11) is 0. The van der Waals surface area contributed by atoms with Crippen molar-refractivity contribution in [2.75, 3.05) is 0 Å². The van der Waals surface area contributed by atoms with Crippen molar-refractivity contribution < 1.29 is 5.11 Å². The normalized spacial score (nSPS) is 18.4. The Morgan fingerprint density at radius 3 is 2.24 bits per heavy atom. The Bertz CT molecular complexity index is 1020. The number of hydrogen-bond donors (Lipinski definition) is 1. The van der Waals surface area contributed by atoms with Gasteiger partial charge in [0.2, 0.25) is 0 Å². The van der Waals surface area contributed by atoms with E-state index in [9.17, 15) is 5.11 Å². The van der Waals surface area contributed by atoms with Crippen LogP contribution in [0.4, 0.5) is 0 Å². The predicted octanol–water partition coefficient (Wildman–Crippen LogP) is 10.0. The fourth-order valence-electron chi connectivity index (χ4n) is 5.42. The van der Waals surface area contributed by atoms with Crippen LogP contribution in [0.3, 0.4) is 0 Å². The first-order valence-electron chi connectivity index (χ1n) is 12.8. The fraction of sp³-hybridized carbons (Fsp3) is 0.419. The van der Waals surface area contributed by atoms with E-state index in [1.807, 2.05) is 30.3 Å². The topological polar surface area (TPSA) is 20.2 Å². The third-order valence-electron chi connectivity index (χ3n) is 7.39. The number of phenolic OH excluding ortho intramolecular Hbond substituents is 1. The molecule has 174 valence electrons. The van der Waals surface area contributed by atoms with Crippen LogP contribution < -0.4 is 0 Å². The summed E-state index contributed by atoms with van der Waals surface area (Å²) in [4.78, 5) is 0. The molecule has 0 radical (unpaired) electrons. The number of unbranched alkanes of at least 4 members (excludes halogenated alkanes) is 4. The Labute approximate surface area is 204 Å². The molecule has 1 N–H and O–H groups in total. The van der Waals surface area contributed by atoms with Crippen molar-refractivity contribution in [1.82, 2.24) is 0 Å². The molecule has 33 heavy (non-hydrogen) atoms. The highest BCUT2D eigenvalue weighted by atomic mass is 35.5. The zero-order valence-electron chi connectivity index (χ0n) is 19.9. The first-order valence-corrected chi connectivity index (χ1v) is 13.2. The van der Waals surface area contributed by atoms with Gasteiger partial charge in [0.1, 0.15) is 5.75 Å². The van der Waals surface area contributed by atoms with Gasteiger partial charge in [-0.15, -0.1) is 0 Å². The van der Waals surface area contributed by atoms with Crippen molar-refractivity contribution in [2.24, 2.45) is 5.92 Å². The number of phenols is 1. The highest BCUT2D eigenvalue weighted by molar-refractivity contribution is 6.30. The first-order chi connectivity index (χ1) is 16.1. The highest BCUT2D eigenvalue weighted by Crippen LogP contribution is 2.41. The Morgan fingerprint density at radius 2 is 1.52 bits per heavy atom. The minimum absolute atomic E-state index is 0.298. The zero-order chi connectivity index (χ0) is 23.0. The van der Waals surface area contributed by atoms with Crippen molar-refractivity contribution in [1.29, 1.82) is 0 Å². The van der Waals surface area contributed by atoms with E-state index in [1.165, 1.54) is 80.9 Å². The molecule has 0 aromatic heterocycles. The van der Waals surface area contributed by atoms with Gasteiger partial charge in [0.15, 0.2) is 0 Å². The van der Waals surface area contributed by atoms with Gasteiger partial charge in [0, 0.05) is 5.02 Å². The van der Waals surface area contributed by atoms with E-state index in [0.717, 1.165) is 22.1 Å². The molecule has 1 aliphatic carbocycles. The third kappa shape index (κ3) is 6.42. The Balaban J connectivity index is 1.51. The second-order valence-electron chi connectivity index (χ2n) is 9.78. The molecule has 1 fully saturated rings. The summed E-state index contributed by atoms with van der Waals surface area (Å²) in [6.07, 6.45) is 13.7. The molecule has 1 saturated carbocycles. The monoisotopic (exact) mass is 460 g/mol. The largest absolute Gasteiger partial charge is 0.508 e. The van der Waals surface area contributed by atoms with Crippen molar-refractivity contribution >= 4 is 11.6 Å². The Kier molecular flexibility index (Phi) is 8.51. The van der Waals surface area contributed by atoms with Crippen molar-refractivity contribution in [2.45, 2.75) is 77.0 Å². The lowest BCUT2D eigenvalue weighted by molar-refractivity contribution is 0.302. The molecule has 3 aromatic carbocycles. The van der Waals surface area contributed by atoms with Crippen LogP contribution in [0.5, 0.6) is 5.75 Å². The van der Waals surface area contributed by atoms with Crippen LogP contribution >= 0.6 is 11.6 Å². The molecule has 0 saturated heterocycles. The predicted molar refractivity (Wildman–Crippen MR) is 142 cm³/mol. The number of aromatic hydroxyl groups is 1. The standard InChI is InChI=1S/C31H37ClO/c1-2-3-4-5-6-8-23-11-13-24(14-12-23)26-17-20-30(27-9-7-10-28(32)21-27)31(22-26)25-15-18-29(33)19-16-25/h7,9-10,15-24,33H,2-6,8,11-14H2,1H3. The molecule has 4 rings (SSSR count). The van der Waals surface area contributed by atoms with E-state index in [1.54, 1.807) is 12.1 Å². The zero-order valence-corrected chi connectivity index (χ0v) is 20.7. The lowest BCUT2D eigenvalue weighted by atomic mass is 9.76. The molecular weight excluding hydrogens is 424 g/mol. The number of benzene rings is 3. The molecule has 2 heteroatoms. The van der Waals surface area contributed by atoms with E-state index >= 15 is 0 Å². The Hall–Kier alpha value is -2.25. The Morgan fingerprint density at radius 1 is 0.758 bits per heavy atom. The quantitative estimate of drug-likeness (QED) is 0.315. The lowest BCUT2D eigenvalue weighted by Gasteiger charge is -2.29. The summed E-state index contributed by atoms with van der Waals surface area (Å²) < 4.78 is 0. The SMILES string of the molecule is CCCCCCCC1CCC(c2ccc(-c3cccc(Cl)c3)c(-c3ccc(O)cc3)c2)CC1. The van der Waals surface area contributed by atoms with Gasteiger partial charge in [-0.3, -0.25) is 0 Å². The van der Waals surface area contributed by atoms with Crippen molar-refractivity contribution in [3.8, 4) is 28.0 Å². The van der Waals surface area contributed by atoms with E-state index in [0.29, 0.717) is 11.7 Å². The van der Waals surface area contributed by atoms with Crippen LogP contribution in [-0.4, -0.2) is 5.11 Å². The second kappa shape index (κ2) is 11.7. The van der Waals surface area contributed by atoms with Gasteiger partial charge in [-0.25, -0.2) is 0 Å². The maximum atomic E-state index is 9.80. The average molecular weight is 461 g/mol. The molecule has 0 spiro atoms. The lowest BCUT2D eigenvalue weighted by Crippen LogP contribution is -2.13. The van der Waals surface area contributed by atoms with Gasteiger partial charge in [-0.1, -0.05) is 99.5 Å². The van der Waals surface area contributed by atoms with Crippen molar-refractivity contribution in [3.05, 3.63) is 77.3 Å². The summed E-state index contributed by atoms with van der Waals surface area (Å²) in [5, 5.41) is 10.5. The second-order valence-corrected chi connectivity index (χ2v) is 10.2. The third-order valence-corrected chi connectivity index (χ3v) is 7.63. The molecular formula is C31H37ClO. The number of halogens is 1. The van der Waals surface area contributed by atoms with Gasteiger partial charge in [-0.2, -0.15) is 0 Å². The van der Waals surface area contributed by atoms with Gasteiger partial charge < -0.3 is 5.11 Å². The van der Waals surface area contributed by atoms with E-state index in [-0.39, 0.29) is 0 Å². The maximum Gasteiger partial charge on any atom is 0.115 e. The van der Waals surface area contributed by atoms with E-state index < -0.39 is 0 Å². The molecule has 0 bridgehead atoms. The van der Waals surface area contributed by atoms with Crippen LogP contribution in [0.1, 0.15) is 82.6 Å². The smallest absolute Gasteiger partial charge is 0.115 e. The molecule has 3 aromatic rings. The average Bonchev–Trinajstić information content (AvgIpc) is 2.84. The summed E-state index contributed by atoms with van der Waals surface area (Å²) in [6.45, 7) is 2.29. The fourth-order valence-corrected chi connectivity index (χ4v) is 5.61. The number of rotatable bonds is 9. The molecule has 1 aliphatic rings. The van der Waals surface area contributed by atoms with Gasteiger partial charge >= 0.3 is 0 Å². The molecule has 0 amide bonds. The molecule has 0 atom stereocenters. The van der Waals surface area contributed by atoms with Crippen LogP contribution in [0.2, 0.25) is 5.02 Å². The molecule has 0 aliphatic heterocycles. The van der Waals surface area contributed by atoms with Gasteiger partial charge in [0.25, 0.3) is 0 Å². The highest BCUT2D eigenvalue weighted by Gasteiger charge is 2.23.